The summed E-state index contributed by atoms with van der Waals surface area (Å²) in [6.07, 6.45) is 7.77. The van der Waals surface area contributed by atoms with Crippen LogP contribution in [-0.4, -0.2) is 24.4 Å². The summed E-state index contributed by atoms with van der Waals surface area (Å²) in [4.78, 5) is 0. The Kier molecular flexibility index (Phi) is 6.34. The Bertz CT molecular complexity index is 369. The number of nitrogens with one attached hydrogen (secondary N) is 1. The molecule has 1 aliphatic carbocycles. The highest BCUT2D eigenvalue weighted by atomic mass is 16.5. The molecule has 0 aromatic heterocycles. The van der Waals surface area contributed by atoms with Crippen LogP contribution in [0.15, 0.2) is 24.3 Å². The molecule has 0 radical (unpaired) electrons. The largest absolute Gasteiger partial charge is 0.494 e. The minimum Gasteiger partial charge on any atom is -0.494 e. The zero-order chi connectivity index (χ0) is 14.2. The molecule has 2 rings (SSSR count). The van der Waals surface area contributed by atoms with E-state index >= 15 is 0 Å². The van der Waals surface area contributed by atoms with Crippen LogP contribution in [0.2, 0.25) is 0 Å². The molecular weight excluding hydrogens is 250 g/mol. The van der Waals surface area contributed by atoms with E-state index in [2.05, 4.69) is 17.4 Å². The molecule has 1 saturated carbocycles. The van der Waals surface area contributed by atoms with E-state index in [1.165, 1.54) is 38.5 Å². The van der Waals surface area contributed by atoms with Crippen LogP contribution in [-0.2, 0) is 0 Å². The van der Waals surface area contributed by atoms with Crippen molar-refractivity contribution in [3.8, 4) is 5.75 Å². The van der Waals surface area contributed by atoms with Gasteiger partial charge in [-0.05, 0) is 37.5 Å². The summed E-state index contributed by atoms with van der Waals surface area (Å²) in [6.45, 7) is 2.81. The first-order chi connectivity index (χ1) is 9.83. The van der Waals surface area contributed by atoms with E-state index in [1.807, 2.05) is 19.1 Å². The number of hydrogen-bond acceptors (Lipinski definition) is 3. The Balaban J connectivity index is 1.95. The normalized spacial score (nSPS) is 18.5. The molecule has 1 atom stereocenters. The lowest BCUT2D eigenvalue weighted by Crippen LogP contribution is -2.34. The zero-order valence-corrected chi connectivity index (χ0v) is 12.5. The summed E-state index contributed by atoms with van der Waals surface area (Å²) in [6, 6.07) is 8.65. The van der Waals surface area contributed by atoms with Gasteiger partial charge in [0.25, 0.3) is 0 Å². The molecule has 112 valence electrons. The third-order valence-electron chi connectivity index (χ3n) is 4.07. The topological polar surface area (TPSA) is 41.5 Å². The Hall–Kier alpha value is -1.06. The van der Waals surface area contributed by atoms with Gasteiger partial charge in [-0.25, -0.2) is 0 Å². The molecule has 1 fully saturated rings. The summed E-state index contributed by atoms with van der Waals surface area (Å²) >= 11 is 0. The maximum Gasteiger partial charge on any atom is 0.119 e. The van der Waals surface area contributed by atoms with Crippen molar-refractivity contribution in [2.75, 3.05) is 13.2 Å². The summed E-state index contributed by atoms with van der Waals surface area (Å²) in [5, 5.41) is 13.3. The highest BCUT2D eigenvalue weighted by Gasteiger charge is 2.17. The highest BCUT2D eigenvalue weighted by Crippen LogP contribution is 2.22. The molecule has 20 heavy (non-hydrogen) atoms. The van der Waals surface area contributed by atoms with Crippen LogP contribution >= 0.6 is 0 Å². The molecule has 1 aliphatic rings. The quantitative estimate of drug-likeness (QED) is 0.783. The lowest BCUT2D eigenvalue weighted by molar-refractivity contribution is 0.228. The molecule has 0 spiro atoms. The van der Waals surface area contributed by atoms with E-state index in [9.17, 15) is 5.11 Å². The average Bonchev–Trinajstić information content (AvgIpc) is 2.75. The van der Waals surface area contributed by atoms with E-state index < -0.39 is 0 Å². The van der Waals surface area contributed by atoms with Crippen molar-refractivity contribution in [2.45, 2.75) is 57.5 Å². The molecule has 3 heteroatoms. The Labute approximate surface area is 122 Å². The predicted octanol–water partition coefficient (Wildman–Crippen LogP) is 3.43. The summed E-state index contributed by atoms with van der Waals surface area (Å²) in [5.41, 5.74) is 1.14. The lowest BCUT2D eigenvalue weighted by atomic mass is 10.0. The molecule has 1 unspecified atom stereocenters. The fraction of sp³-hybridized carbons (Fsp3) is 0.647. The summed E-state index contributed by atoms with van der Waals surface area (Å²) in [5.74, 6) is 0.891. The van der Waals surface area contributed by atoms with E-state index in [0.717, 1.165) is 11.3 Å². The maximum atomic E-state index is 9.66. The molecule has 0 heterocycles. The van der Waals surface area contributed by atoms with Crippen LogP contribution in [0.3, 0.4) is 0 Å². The first-order valence-electron chi connectivity index (χ1n) is 7.93. The molecule has 3 nitrogen and oxygen atoms in total. The Morgan fingerprint density at radius 3 is 2.35 bits per heavy atom. The second kappa shape index (κ2) is 8.28. The van der Waals surface area contributed by atoms with Crippen molar-refractivity contribution < 1.29 is 9.84 Å². The third kappa shape index (κ3) is 4.50. The van der Waals surface area contributed by atoms with Crippen molar-refractivity contribution in [1.29, 1.82) is 0 Å². The van der Waals surface area contributed by atoms with E-state index in [1.54, 1.807) is 0 Å². The number of aliphatic hydroxyl groups is 1. The third-order valence-corrected chi connectivity index (χ3v) is 4.07. The molecule has 2 N–H and O–H groups in total. The first-order valence-corrected chi connectivity index (χ1v) is 7.93. The average molecular weight is 277 g/mol. The maximum absolute atomic E-state index is 9.66. The van der Waals surface area contributed by atoms with Gasteiger partial charge in [0, 0.05) is 6.04 Å². The molecule has 1 aromatic rings. The van der Waals surface area contributed by atoms with Crippen molar-refractivity contribution in [3.05, 3.63) is 29.8 Å². The molecule has 1 aromatic carbocycles. The molecular formula is C17H27NO2. The number of ether oxygens (including phenoxy) is 1. The molecule has 0 amide bonds. The van der Waals surface area contributed by atoms with Crippen LogP contribution in [0.4, 0.5) is 0 Å². The second-order valence-corrected chi connectivity index (χ2v) is 5.59. The monoisotopic (exact) mass is 277 g/mol. The Morgan fingerprint density at radius 1 is 1.15 bits per heavy atom. The second-order valence-electron chi connectivity index (χ2n) is 5.59. The molecule has 0 bridgehead atoms. The van der Waals surface area contributed by atoms with Crippen LogP contribution in [0, 0.1) is 0 Å². The predicted molar refractivity (Wildman–Crippen MR) is 82.1 cm³/mol. The van der Waals surface area contributed by atoms with Crippen LogP contribution in [0.25, 0.3) is 0 Å². The minimum atomic E-state index is 0.0359. The van der Waals surface area contributed by atoms with Crippen molar-refractivity contribution >= 4 is 0 Å². The van der Waals surface area contributed by atoms with Gasteiger partial charge in [0.2, 0.25) is 0 Å². The van der Waals surface area contributed by atoms with Crippen LogP contribution in [0.5, 0.6) is 5.75 Å². The number of rotatable bonds is 6. The standard InChI is InChI=1S/C17H27NO2/c1-2-20-16-11-9-14(10-12-16)17(13-19)18-15-7-5-3-4-6-8-15/h9-12,15,17-19H,2-8,13H2,1H3. The van der Waals surface area contributed by atoms with Crippen molar-refractivity contribution in [1.82, 2.24) is 5.32 Å². The first kappa shape index (κ1) is 15.3. The van der Waals surface area contributed by atoms with E-state index in [0.29, 0.717) is 12.6 Å². The fourth-order valence-electron chi connectivity index (χ4n) is 2.95. The Morgan fingerprint density at radius 2 is 1.80 bits per heavy atom. The minimum absolute atomic E-state index is 0.0359. The zero-order valence-electron chi connectivity index (χ0n) is 12.5. The van der Waals surface area contributed by atoms with Gasteiger partial charge in [0.1, 0.15) is 5.75 Å². The van der Waals surface area contributed by atoms with Gasteiger partial charge in [0.15, 0.2) is 0 Å². The summed E-state index contributed by atoms with van der Waals surface area (Å²) in [7, 11) is 0. The number of aliphatic hydroxyl groups excluding tert-OH is 1. The molecule has 0 saturated heterocycles. The van der Waals surface area contributed by atoms with Gasteiger partial charge in [0.05, 0.1) is 19.3 Å². The van der Waals surface area contributed by atoms with Gasteiger partial charge in [-0.3, -0.25) is 0 Å². The van der Waals surface area contributed by atoms with E-state index in [-0.39, 0.29) is 12.6 Å². The highest BCUT2D eigenvalue weighted by molar-refractivity contribution is 5.29. The van der Waals surface area contributed by atoms with Crippen LogP contribution in [0.1, 0.15) is 57.1 Å². The van der Waals surface area contributed by atoms with Crippen LogP contribution < -0.4 is 10.1 Å². The lowest BCUT2D eigenvalue weighted by Gasteiger charge is -2.24. The smallest absolute Gasteiger partial charge is 0.119 e. The number of benzene rings is 1. The van der Waals surface area contributed by atoms with Gasteiger partial charge in [-0.2, -0.15) is 0 Å². The van der Waals surface area contributed by atoms with Gasteiger partial charge in [-0.15, -0.1) is 0 Å². The summed E-state index contributed by atoms with van der Waals surface area (Å²) < 4.78 is 5.46. The van der Waals surface area contributed by atoms with Gasteiger partial charge >= 0.3 is 0 Å². The van der Waals surface area contributed by atoms with Crippen molar-refractivity contribution in [2.24, 2.45) is 0 Å². The van der Waals surface area contributed by atoms with Gasteiger partial charge < -0.3 is 15.2 Å². The number of hydrogen-bond donors (Lipinski definition) is 2. The van der Waals surface area contributed by atoms with E-state index in [4.69, 9.17) is 4.74 Å². The molecule has 0 aliphatic heterocycles. The van der Waals surface area contributed by atoms with Crippen molar-refractivity contribution in [3.63, 3.8) is 0 Å². The SMILES string of the molecule is CCOc1ccc(C(CO)NC2CCCCCC2)cc1. The van der Waals surface area contributed by atoms with Gasteiger partial charge in [-0.1, -0.05) is 37.8 Å². The fourth-order valence-corrected chi connectivity index (χ4v) is 2.95.